The minimum Gasteiger partial charge on any atom is -0.733 e. The van der Waals surface area contributed by atoms with Gasteiger partial charge in [0.25, 0.3) is 0 Å². The minimum atomic E-state index is -1.39. The molecule has 180 valence electrons. The van der Waals surface area contributed by atoms with Crippen LogP contribution in [0.3, 0.4) is 0 Å². The van der Waals surface area contributed by atoms with Crippen LogP contribution in [-0.2, 0) is 15.0 Å². The maximum Gasteiger partial charge on any atom is 0.238 e. The van der Waals surface area contributed by atoms with Gasteiger partial charge in [0.1, 0.15) is 5.41 Å². The monoisotopic (exact) mass is 480 g/mol. The Bertz CT molecular complexity index is 1460. The lowest BCUT2D eigenvalue weighted by molar-refractivity contribution is -0.122. The maximum absolute atomic E-state index is 14.3. The lowest BCUT2D eigenvalue weighted by Gasteiger charge is -2.37. The fraction of sp³-hybridized carbons (Fsp3) is 0.179. The third kappa shape index (κ3) is 2.85. The van der Waals surface area contributed by atoms with Crippen LogP contribution in [0.5, 0.6) is 0 Å². The van der Waals surface area contributed by atoms with E-state index in [0.29, 0.717) is 11.3 Å². The molecule has 8 heteroatoms. The van der Waals surface area contributed by atoms with Gasteiger partial charge in [-0.2, -0.15) is 0 Å². The molecule has 0 bridgehead atoms. The first-order valence-corrected chi connectivity index (χ1v) is 11.6. The zero-order valence-corrected chi connectivity index (χ0v) is 19.3. The largest absolute Gasteiger partial charge is 0.733 e. The molecule has 3 aliphatic rings. The summed E-state index contributed by atoms with van der Waals surface area (Å²) in [5.74, 6) is -2.14. The second-order valence-electron chi connectivity index (χ2n) is 9.36. The fourth-order valence-electron chi connectivity index (χ4n) is 6.23. The number of hydrogen-bond donors (Lipinski definition) is 2. The van der Waals surface area contributed by atoms with Crippen molar-refractivity contribution in [1.82, 2.24) is 0 Å². The van der Waals surface area contributed by atoms with Crippen molar-refractivity contribution in [1.29, 1.82) is 0 Å². The number of anilines is 3. The van der Waals surface area contributed by atoms with E-state index in [-0.39, 0.29) is 28.2 Å². The van der Waals surface area contributed by atoms with Gasteiger partial charge in [-0.25, -0.2) is 0 Å². The maximum atomic E-state index is 14.3. The third-order valence-electron chi connectivity index (χ3n) is 7.59. The first-order chi connectivity index (χ1) is 17.4. The highest BCUT2D eigenvalue weighted by molar-refractivity contribution is 6.16. The SMILES string of the molecule is CC(=O)[C@H]1[C@H](C(=O)c2cccc(N([O-])O)c2)[C@@]2(C(=O)Nc3ccccc32)[C@H]2C=Cc3ccccc3N12. The van der Waals surface area contributed by atoms with Crippen LogP contribution in [-0.4, -0.2) is 34.8 Å². The Labute approximate surface area is 207 Å². The molecular weight excluding hydrogens is 458 g/mol. The summed E-state index contributed by atoms with van der Waals surface area (Å²) < 4.78 is 0. The molecule has 1 saturated heterocycles. The van der Waals surface area contributed by atoms with Crippen LogP contribution in [0.25, 0.3) is 6.08 Å². The second kappa shape index (κ2) is 7.87. The Morgan fingerprint density at radius 3 is 2.58 bits per heavy atom. The van der Waals surface area contributed by atoms with E-state index in [0.717, 1.165) is 11.3 Å². The Kier molecular flexibility index (Phi) is 4.86. The van der Waals surface area contributed by atoms with Gasteiger partial charge in [-0.3, -0.25) is 19.6 Å². The van der Waals surface area contributed by atoms with E-state index in [1.54, 1.807) is 6.07 Å². The Morgan fingerprint density at radius 1 is 1.06 bits per heavy atom. The highest BCUT2D eigenvalue weighted by Gasteiger charge is 2.69. The van der Waals surface area contributed by atoms with Crippen LogP contribution in [0, 0.1) is 11.1 Å². The number of Topliss-reactive ketones (excluding diaryl/α,β-unsaturated/α-hetero) is 2. The number of nitrogens with zero attached hydrogens (tertiary/aromatic N) is 2. The summed E-state index contributed by atoms with van der Waals surface area (Å²) in [6.45, 7) is 1.43. The number of hydrogen-bond acceptors (Lipinski definition) is 7. The average Bonchev–Trinajstić information content (AvgIpc) is 3.37. The number of ketones is 2. The van der Waals surface area contributed by atoms with Gasteiger partial charge in [0.05, 0.1) is 23.7 Å². The molecular formula is C28H22N3O5-. The molecule has 3 aromatic rings. The molecule has 8 nitrogen and oxygen atoms in total. The number of carbonyl (C=O) groups is 3. The van der Waals surface area contributed by atoms with E-state index < -0.39 is 29.2 Å². The fourth-order valence-corrected chi connectivity index (χ4v) is 6.23. The summed E-state index contributed by atoms with van der Waals surface area (Å²) in [5, 5.41) is 23.6. The quantitative estimate of drug-likeness (QED) is 0.430. The standard InChI is InChI=1S/C28H22N3O5/c1-16(32)25-24(26(33)18-8-6-9-19(15-18)31(35)36)28(20-10-3-4-11-21(20)29-27(28)34)23-14-13-17-7-2-5-12-22(17)30(23)25/h2-15,23-25,35H,1H3,(H,29,34)/q-1/t23-,24-,25+,28+/m1/s1. The Hall–Kier alpha value is -4.27. The van der Waals surface area contributed by atoms with Crippen molar-refractivity contribution in [3.8, 4) is 0 Å². The van der Waals surface area contributed by atoms with E-state index in [1.807, 2.05) is 59.5 Å². The summed E-state index contributed by atoms with van der Waals surface area (Å²) in [4.78, 5) is 43.5. The molecule has 6 rings (SSSR count). The van der Waals surface area contributed by atoms with Gasteiger partial charge in [0.2, 0.25) is 5.91 Å². The van der Waals surface area contributed by atoms with Crippen LogP contribution >= 0.6 is 0 Å². The van der Waals surface area contributed by atoms with Crippen molar-refractivity contribution in [3.63, 3.8) is 0 Å². The number of para-hydroxylation sites is 2. The number of fused-ring (bicyclic) bond motifs is 6. The van der Waals surface area contributed by atoms with Gasteiger partial charge >= 0.3 is 0 Å². The van der Waals surface area contributed by atoms with Gasteiger partial charge in [-0.15, -0.1) is 0 Å². The summed E-state index contributed by atoms with van der Waals surface area (Å²) in [7, 11) is 0. The molecule has 4 atom stereocenters. The third-order valence-corrected chi connectivity index (χ3v) is 7.59. The summed E-state index contributed by atoms with van der Waals surface area (Å²) in [6.07, 6.45) is 3.83. The van der Waals surface area contributed by atoms with E-state index >= 15 is 0 Å². The minimum absolute atomic E-state index is 0.119. The second-order valence-corrected chi connectivity index (χ2v) is 9.36. The highest BCUT2D eigenvalue weighted by atomic mass is 16.8. The van der Waals surface area contributed by atoms with Gasteiger partial charge in [-0.1, -0.05) is 60.7 Å². The molecule has 1 amide bonds. The van der Waals surface area contributed by atoms with Crippen molar-refractivity contribution in [2.45, 2.75) is 24.4 Å². The average molecular weight is 481 g/mol. The number of amides is 1. The van der Waals surface area contributed by atoms with Crippen LogP contribution in [0.15, 0.2) is 78.9 Å². The molecule has 36 heavy (non-hydrogen) atoms. The Morgan fingerprint density at radius 2 is 1.81 bits per heavy atom. The topological polar surface area (TPSA) is 113 Å². The van der Waals surface area contributed by atoms with Gasteiger partial charge < -0.3 is 20.7 Å². The molecule has 0 radical (unpaired) electrons. The molecule has 0 aromatic heterocycles. The number of nitrogens with one attached hydrogen (secondary N) is 1. The van der Waals surface area contributed by atoms with Gasteiger partial charge in [0.15, 0.2) is 11.6 Å². The summed E-state index contributed by atoms with van der Waals surface area (Å²) in [5.41, 5.74) is 1.54. The van der Waals surface area contributed by atoms with Crippen molar-refractivity contribution in [2.75, 3.05) is 15.4 Å². The lowest BCUT2D eigenvalue weighted by Crippen LogP contribution is -2.51. The van der Waals surface area contributed by atoms with E-state index in [1.165, 1.54) is 31.2 Å². The van der Waals surface area contributed by atoms with Crippen LogP contribution in [0.2, 0.25) is 0 Å². The molecule has 0 unspecified atom stereocenters. The van der Waals surface area contributed by atoms with E-state index in [9.17, 15) is 24.8 Å². The predicted molar refractivity (Wildman–Crippen MR) is 135 cm³/mol. The lowest BCUT2D eigenvalue weighted by atomic mass is 9.64. The molecule has 0 saturated carbocycles. The number of rotatable bonds is 4. The first kappa shape index (κ1) is 22.2. The van der Waals surface area contributed by atoms with Gasteiger partial charge in [-0.05, 0) is 42.3 Å². The molecule has 3 aromatic carbocycles. The smallest absolute Gasteiger partial charge is 0.238 e. The van der Waals surface area contributed by atoms with Crippen molar-refractivity contribution >= 4 is 40.6 Å². The first-order valence-electron chi connectivity index (χ1n) is 11.6. The van der Waals surface area contributed by atoms with Crippen LogP contribution in [0.4, 0.5) is 17.1 Å². The van der Waals surface area contributed by atoms with Crippen LogP contribution in [0.1, 0.15) is 28.4 Å². The van der Waals surface area contributed by atoms with Crippen molar-refractivity contribution in [2.24, 2.45) is 5.92 Å². The summed E-state index contributed by atoms with van der Waals surface area (Å²) >= 11 is 0. The zero-order chi connectivity index (χ0) is 25.2. The summed E-state index contributed by atoms with van der Waals surface area (Å²) in [6, 6.07) is 18.9. The Balaban J connectivity index is 1.64. The normalized spacial score (nSPS) is 25.2. The molecule has 1 spiro atoms. The van der Waals surface area contributed by atoms with Crippen molar-refractivity contribution < 1.29 is 19.6 Å². The molecule has 3 heterocycles. The zero-order valence-electron chi connectivity index (χ0n) is 19.3. The highest BCUT2D eigenvalue weighted by Crippen LogP contribution is 2.57. The van der Waals surface area contributed by atoms with Crippen LogP contribution < -0.4 is 15.4 Å². The van der Waals surface area contributed by atoms with E-state index in [4.69, 9.17) is 0 Å². The molecule has 2 N–H and O–H groups in total. The molecule has 0 aliphatic carbocycles. The number of carbonyl (C=O) groups excluding carboxylic acids is 3. The molecule has 1 fully saturated rings. The van der Waals surface area contributed by atoms with Crippen molar-refractivity contribution in [3.05, 3.63) is 101 Å². The number of benzene rings is 3. The van der Waals surface area contributed by atoms with E-state index in [2.05, 4.69) is 5.32 Å². The molecule has 3 aliphatic heterocycles. The van der Waals surface area contributed by atoms with Gasteiger partial charge in [0, 0.05) is 16.9 Å². The predicted octanol–water partition coefficient (Wildman–Crippen LogP) is 3.94.